The standard InChI is InChI=1S/C11H19N3O2S2/c1-9(8-17-2)7-13-18(15,16)11-6-4-3-5-10(11)14-12/h3-6,9,13-14H,7-8,12H2,1-2H3. The molecule has 18 heavy (non-hydrogen) atoms. The first kappa shape index (κ1) is 15.3. The number of hydrazine groups is 1. The van der Waals surface area contributed by atoms with Crippen molar-refractivity contribution in [3.05, 3.63) is 24.3 Å². The molecular formula is C11H19N3O2S2. The fourth-order valence-electron chi connectivity index (χ4n) is 1.49. The molecule has 1 aromatic rings. The third-order valence-electron chi connectivity index (χ3n) is 2.41. The molecule has 0 amide bonds. The van der Waals surface area contributed by atoms with Crippen LogP contribution in [0, 0.1) is 5.92 Å². The van der Waals surface area contributed by atoms with Gasteiger partial charge in [-0.3, -0.25) is 5.84 Å². The molecule has 0 aliphatic rings. The fraction of sp³-hybridized carbons (Fsp3) is 0.455. The summed E-state index contributed by atoms with van der Waals surface area (Å²) in [5, 5.41) is 0. The van der Waals surface area contributed by atoms with Gasteiger partial charge in [0.2, 0.25) is 10.0 Å². The number of rotatable bonds is 7. The number of thioether (sulfide) groups is 1. The van der Waals surface area contributed by atoms with Crippen molar-refractivity contribution in [2.24, 2.45) is 11.8 Å². The maximum absolute atomic E-state index is 12.1. The number of hydrogen-bond acceptors (Lipinski definition) is 5. The average molecular weight is 289 g/mol. The normalized spacial score (nSPS) is 13.3. The SMILES string of the molecule is CSCC(C)CNS(=O)(=O)c1ccccc1NN. The van der Waals surface area contributed by atoms with Gasteiger partial charge in [-0.15, -0.1) is 0 Å². The molecule has 0 aliphatic heterocycles. The van der Waals surface area contributed by atoms with E-state index in [0.29, 0.717) is 12.2 Å². The summed E-state index contributed by atoms with van der Waals surface area (Å²) in [6.45, 7) is 2.42. The van der Waals surface area contributed by atoms with Crippen LogP contribution in [0.3, 0.4) is 0 Å². The van der Waals surface area contributed by atoms with Gasteiger partial charge < -0.3 is 5.43 Å². The van der Waals surface area contributed by atoms with E-state index in [1.807, 2.05) is 13.2 Å². The van der Waals surface area contributed by atoms with E-state index < -0.39 is 10.0 Å². The van der Waals surface area contributed by atoms with Gasteiger partial charge in [-0.05, 0) is 30.1 Å². The molecule has 0 heterocycles. The molecule has 1 atom stereocenters. The number of anilines is 1. The van der Waals surface area contributed by atoms with Crippen LogP contribution in [0.2, 0.25) is 0 Å². The van der Waals surface area contributed by atoms with Crippen LogP contribution in [0.1, 0.15) is 6.92 Å². The first-order valence-electron chi connectivity index (χ1n) is 5.55. The Morgan fingerprint density at radius 1 is 1.39 bits per heavy atom. The minimum Gasteiger partial charge on any atom is -0.323 e. The summed E-state index contributed by atoms with van der Waals surface area (Å²) in [7, 11) is -3.52. The van der Waals surface area contributed by atoms with Crippen molar-refractivity contribution >= 4 is 27.5 Å². The van der Waals surface area contributed by atoms with E-state index in [2.05, 4.69) is 10.1 Å². The minimum absolute atomic E-state index is 0.170. The van der Waals surface area contributed by atoms with Gasteiger partial charge in [0.25, 0.3) is 0 Å². The highest BCUT2D eigenvalue weighted by Crippen LogP contribution is 2.19. The fourth-order valence-corrected chi connectivity index (χ4v) is 3.51. The summed E-state index contributed by atoms with van der Waals surface area (Å²) in [5.41, 5.74) is 2.78. The highest BCUT2D eigenvalue weighted by Gasteiger charge is 2.18. The monoisotopic (exact) mass is 289 g/mol. The number of nitrogens with two attached hydrogens (primary N) is 1. The van der Waals surface area contributed by atoms with E-state index >= 15 is 0 Å². The second-order valence-electron chi connectivity index (χ2n) is 4.05. The first-order chi connectivity index (χ1) is 8.51. The molecule has 102 valence electrons. The number of nitrogen functional groups attached to an aromatic ring is 1. The topological polar surface area (TPSA) is 84.2 Å². The molecule has 0 saturated heterocycles. The Labute approximate surface area is 113 Å². The largest absolute Gasteiger partial charge is 0.323 e. The van der Waals surface area contributed by atoms with E-state index in [4.69, 9.17) is 5.84 Å². The summed E-state index contributed by atoms with van der Waals surface area (Å²) in [4.78, 5) is 0.170. The van der Waals surface area contributed by atoms with Crippen molar-refractivity contribution in [3.63, 3.8) is 0 Å². The van der Waals surface area contributed by atoms with E-state index in [-0.39, 0.29) is 10.8 Å². The lowest BCUT2D eigenvalue weighted by atomic mass is 10.2. The summed E-state index contributed by atoms with van der Waals surface area (Å²) < 4.78 is 26.8. The van der Waals surface area contributed by atoms with Crippen LogP contribution in [0.15, 0.2) is 29.2 Å². The van der Waals surface area contributed by atoms with Gasteiger partial charge in [-0.25, -0.2) is 13.1 Å². The lowest BCUT2D eigenvalue weighted by Gasteiger charge is -2.13. The zero-order chi connectivity index (χ0) is 13.6. The van der Waals surface area contributed by atoms with E-state index in [1.165, 1.54) is 6.07 Å². The molecule has 1 rings (SSSR count). The van der Waals surface area contributed by atoms with Crippen molar-refractivity contribution in [2.75, 3.05) is 24.0 Å². The van der Waals surface area contributed by atoms with Crippen LogP contribution >= 0.6 is 11.8 Å². The second kappa shape index (κ2) is 6.98. The van der Waals surface area contributed by atoms with Crippen molar-refractivity contribution in [1.82, 2.24) is 4.72 Å². The van der Waals surface area contributed by atoms with Crippen molar-refractivity contribution in [2.45, 2.75) is 11.8 Å². The van der Waals surface area contributed by atoms with Gasteiger partial charge in [0, 0.05) is 6.54 Å². The van der Waals surface area contributed by atoms with Crippen LogP contribution < -0.4 is 16.0 Å². The molecule has 4 N–H and O–H groups in total. The first-order valence-corrected chi connectivity index (χ1v) is 8.43. The minimum atomic E-state index is -3.52. The average Bonchev–Trinajstić information content (AvgIpc) is 2.37. The summed E-state index contributed by atoms with van der Waals surface area (Å²) in [6.07, 6.45) is 2.00. The lowest BCUT2D eigenvalue weighted by Crippen LogP contribution is -2.30. The van der Waals surface area contributed by atoms with Crippen molar-refractivity contribution in [1.29, 1.82) is 0 Å². The van der Waals surface area contributed by atoms with E-state index in [9.17, 15) is 8.42 Å². The molecule has 7 heteroatoms. The van der Waals surface area contributed by atoms with E-state index in [1.54, 1.807) is 30.0 Å². The Kier molecular flexibility index (Phi) is 5.94. The van der Waals surface area contributed by atoms with Crippen molar-refractivity contribution < 1.29 is 8.42 Å². The summed E-state index contributed by atoms with van der Waals surface area (Å²) >= 11 is 1.70. The van der Waals surface area contributed by atoms with Crippen LogP contribution in [0.5, 0.6) is 0 Å². The molecule has 5 nitrogen and oxygen atoms in total. The number of benzene rings is 1. The molecule has 0 saturated carbocycles. The predicted octanol–water partition coefficient (Wildman–Crippen LogP) is 1.25. The second-order valence-corrected chi connectivity index (χ2v) is 6.70. The zero-order valence-electron chi connectivity index (χ0n) is 10.5. The Balaban J connectivity index is 2.80. The quantitative estimate of drug-likeness (QED) is 0.520. The van der Waals surface area contributed by atoms with Crippen LogP contribution in [-0.2, 0) is 10.0 Å². The molecular weight excluding hydrogens is 270 g/mol. The Hall–Kier alpha value is -0.760. The third-order valence-corrected chi connectivity index (χ3v) is 4.79. The molecule has 0 radical (unpaired) electrons. The van der Waals surface area contributed by atoms with Crippen LogP contribution in [-0.4, -0.2) is 27.0 Å². The Bertz CT molecular complexity index is 477. The lowest BCUT2D eigenvalue weighted by molar-refractivity contribution is 0.563. The van der Waals surface area contributed by atoms with Crippen LogP contribution in [0.4, 0.5) is 5.69 Å². The molecule has 0 aromatic heterocycles. The highest BCUT2D eigenvalue weighted by molar-refractivity contribution is 7.98. The van der Waals surface area contributed by atoms with Crippen molar-refractivity contribution in [3.8, 4) is 0 Å². The summed E-state index contributed by atoms with van der Waals surface area (Å²) in [6, 6.07) is 6.54. The molecule has 0 spiro atoms. The van der Waals surface area contributed by atoms with Gasteiger partial charge >= 0.3 is 0 Å². The molecule has 0 aliphatic carbocycles. The maximum Gasteiger partial charge on any atom is 0.242 e. The number of nitrogens with one attached hydrogen (secondary N) is 2. The molecule has 0 bridgehead atoms. The molecule has 1 aromatic carbocycles. The molecule has 1 unspecified atom stereocenters. The van der Waals surface area contributed by atoms with Gasteiger partial charge in [0.15, 0.2) is 0 Å². The Morgan fingerprint density at radius 3 is 2.67 bits per heavy atom. The van der Waals surface area contributed by atoms with Gasteiger partial charge in [0.1, 0.15) is 4.90 Å². The van der Waals surface area contributed by atoms with E-state index in [0.717, 1.165) is 5.75 Å². The maximum atomic E-state index is 12.1. The molecule has 0 fully saturated rings. The number of hydrogen-bond donors (Lipinski definition) is 3. The zero-order valence-corrected chi connectivity index (χ0v) is 12.1. The number of para-hydroxylation sites is 1. The highest BCUT2D eigenvalue weighted by atomic mass is 32.2. The van der Waals surface area contributed by atoms with Gasteiger partial charge in [-0.2, -0.15) is 11.8 Å². The predicted molar refractivity (Wildman–Crippen MR) is 77.0 cm³/mol. The van der Waals surface area contributed by atoms with Gasteiger partial charge in [0.05, 0.1) is 5.69 Å². The summed E-state index contributed by atoms with van der Waals surface area (Å²) in [5.74, 6) is 6.51. The van der Waals surface area contributed by atoms with Crippen LogP contribution in [0.25, 0.3) is 0 Å². The van der Waals surface area contributed by atoms with Gasteiger partial charge in [-0.1, -0.05) is 19.1 Å². The Morgan fingerprint density at radius 2 is 2.06 bits per heavy atom. The number of sulfonamides is 1. The smallest absolute Gasteiger partial charge is 0.242 e. The third kappa shape index (κ3) is 4.16.